The van der Waals surface area contributed by atoms with E-state index in [1.54, 1.807) is 0 Å². The van der Waals surface area contributed by atoms with E-state index in [9.17, 15) is 0 Å². The molecule has 0 unspecified atom stereocenters. The van der Waals surface area contributed by atoms with Crippen LogP contribution in [0, 0.1) is 0 Å². The molecule has 0 aromatic heterocycles. The molecule has 1 N–H and O–H groups in total. The first-order chi connectivity index (χ1) is 4.73. The number of hydrogen-bond donors (Lipinski definition) is 1. The summed E-state index contributed by atoms with van der Waals surface area (Å²) in [7, 11) is 4.42. The highest BCUT2D eigenvalue weighted by atomic mass is 15.2. The van der Waals surface area contributed by atoms with Gasteiger partial charge in [0, 0.05) is 11.6 Å². The Morgan fingerprint density at radius 1 is 1.40 bits per heavy atom. The van der Waals surface area contributed by atoms with Gasteiger partial charge in [-0.05, 0) is 39.9 Å². The summed E-state index contributed by atoms with van der Waals surface area (Å²) >= 11 is 0. The van der Waals surface area contributed by atoms with Crippen molar-refractivity contribution in [3.63, 3.8) is 0 Å². The van der Waals surface area contributed by atoms with E-state index in [1.807, 2.05) is 0 Å². The lowest BCUT2D eigenvalue weighted by Gasteiger charge is -2.56. The highest BCUT2D eigenvalue weighted by molar-refractivity contribution is 5.08. The van der Waals surface area contributed by atoms with Crippen molar-refractivity contribution in [2.24, 2.45) is 0 Å². The fraction of sp³-hybridized carbons (Fsp3) is 1.00. The van der Waals surface area contributed by atoms with Gasteiger partial charge in [-0.25, -0.2) is 0 Å². The van der Waals surface area contributed by atoms with E-state index in [4.69, 9.17) is 0 Å². The second kappa shape index (κ2) is 1.95. The molecule has 2 saturated heterocycles. The molecule has 2 heteroatoms. The van der Waals surface area contributed by atoms with Crippen molar-refractivity contribution in [2.75, 3.05) is 20.6 Å². The molecule has 10 heavy (non-hydrogen) atoms. The number of piperidine rings is 2. The lowest BCUT2D eigenvalue weighted by molar-refractivity contribution is -0.00889. The Morgan fingerprint density at radius 3 is 2.40 bits per heavy atom. The Balaban J connectivity index is 2.05. The summed E-state index contributed by atoms with van der Waals surface area (Å²) in [6.45, 7) is 1.23. The van der Waals surface area contributed by atoms with Gasteiger partial charge in [0.15, 0.2) is 0 Å². The average Bonchev–Trinajstić information content (AvgIpc) is 1.87. The first-order valence-corrected chi connectivity index (χ1v) is 4.14. The number of hydrogen-bond acceptors (Lipinski definition) is 2. The molecule has 0 amide bonds. The van der Waals surface area contributed by atoms with Gasteiger partial charge in [0.05, 0.1) is 0 Å². The minimum atomic E-state index is 0.593. The minimum Gasteiger partial charge on any atom is -0.314 e. The molecule has 0 atom stereocenters. The molecular formula is C8H16N2. The maximum Gasteiger partial charge on any atom is 0.0245 e. The molecule has 2 nitrogen and oxygen atoms in total. The van der Waals surface area contributed by atoms with Gasteiger partial charge in [-0.15, -0.1) is 0 Å². The van der Waals surface area contributed by atoms with Crippen LogP contribution in [-0.4, -0.2) is 37.1 Å². The maximum atomic E-state index is 3.50. The highest BCUT2D eigenvalue weighted by Crippen LogP contribution is 2.42. The molecule has 3 aliphatic rings. The Morgan fingerprint density at radius 2 is 2.10 bits per heavy atom. The molecule has 1 aliphatic carbocycles. The zero-order valence-corrected chi connectivity index (χ0v) is 6.85. The largest absolute Gasteiger partial charge is 0.314 e. The molecule has 2 heterocycles. The third-order valence-corrected chi connectivity index (χ3v) is 3.22. The highest BCUT2D eigenvalue weighted by Gasteiger charge is 2.48. The molecule has 0 aromatic rings. The molecule has 0 radical (unpaired) electrons. The van der Waals surface area contributed by atoms with Gasteiger partial charge in [0.25, 0.3) is 0 Å². The van der Waals surface area contributed by atoms with Crippen molar-refractivity contribution in [1.82, 2.24) is 10.2 Å². The van der Waals surface area contributed by atoms with E-state index in [-0.39, 0.29) is 0 Å². The molecule has 3 fully saturated rings. The van der Waals surface area contributed by atoms with Gasteiger partial charge in [-0.3, -0.25) is 0 Å². The Kier molecular flexibility index (Phi) is 1.29. The van der Waals surface area contributed by atoms with Crippen LogP contribution in [0.25, 0.3) is 0 Å². The van der Waals surface area contributed by atoms with Crippen LogP contribution in [0.2, 0.25) is 0 Å². The number of nitrogens with one attached hydrogen (secondary N) is 1. The minimum absolute atomic E-state index is 0.593. The summed E-state index contributed by atoms with van der Waals surface area (Å²) in [5, 5.41) is 3.50. The van der Waals surface area contributed by atoms with Crippen molar-refractivity contribution in [3.05, 3.63) is 0 Å². The van der Waals surface area contributed by atoms with Gasteiger partial charge in [-0.2, -0.15) is 0 Å². The molecular weight excluding hydrogens is 124 g/mol. The maximum absolute atomic E-state index is 3.50. The fourth-order valence-electron chi connectivity index (χ4n) is 2.30. The molecule has 0 spiro atoms. The number of fused-ring (bicyclic) bond motifs is 2. The quantitative estimate of drug-likeness (QED) is 0.568. The standard InChI is InChI=1S/C8H16N2/c1-10(2)8-3-4-9-7(5-8)6-8/h7,9H,3-6H2,1-2H3. The third kappa shape index (κ3) is 0.722. The van der Waals surface area contributed by atoms with Crippen LogP contribution < -0.4 is 5.32 Å². The summed E-state index contributed by atoms with van der Waals surface area (Å²) in [4.78, 5) is 2.41. The Labute approximate surface area is 62.6 Å². The summed E-state index contributed by atoms with van der Waals surface area (Å²) in [6.07, 6.45) is 4.09. The summed E-state index contributed by atoms with van der Waals surface area (Å²) in [5.74, 6) is 0. The van der Waals surface area contributed by atoms with Crippen molar-refractivity contribution in [2.45, 2.75) is 30.8 Å². The van der Waals surface area contributed by atoms with Gasteiger partial charge in [0.1, 0.15) is 0 Å². The first kappa shape index (κ1) is 6.62. The zero-order chi connectivity index (χ0) is 7.19. The molecule has 2 bridgehead atoms. The van der Waals surface area contributed by atoms with Crippen molar-refractivity contribution in [3.8, 4) is 0 Å². The van der Waals surface area contributed by atoms with Gasteiger partial charge < -0.3 is 10.2 Å². The van der Waals surface area contributed by atoms with E-state index in [2.05, 4.69) is 24.3 Å². The van der Waals surface area contributed by atoms with Crippen molar-refractivity contribution in [1.29, 1.82) is 0 Å². The molecule has 1 saturated carbocycles. The first-order valence-electron chi connectivity index (χ1n) is 4.14. The van der Waals surface area contributed by atoms with E-state index in [0.717, 1.165) is 6.04 Å². The Hall–Kier alpha value is -0.0800. The van der Waals surface area contributed by atoms with E-state index < -0.39 is 0 Å². The zero-order valence-electron chi connectivity index (χ0n) is 6.85. The van der Waals surface area contributed by atoms with Crippen LogP contribution >= 0.6 is 0 Å². The second-order valence-corrected chi connectivity index (χ2v) is 3.93. The summed E-state index contributed by atoms with van der Waals surface area (Å²) in [5.41, 5.74) is 0.593. The van der Waals surface area contributed by atoms with Gasteiger partial charge >= 0.3 is 0 Å². The van der Waals surface area contributed by atoms with Crippen LogP contribution in [-0.2, 0) is 0 Å². The van der Waals surface area contributed by atoms with Gasteiger partial charge in [0.2, 0.25) is 0 Å². The van der Waals surface area contributed by atoms with Gasteiger partial charge in [-0.1, -0.05) is 0 Å². The van der Waals surface area contributed by atoms with Crippen LogP contribution in [0.5, 0.6) is 0 Å². The Bertz CT molecular complexity index is 131. The average molecular weight is 140 g/mol. The predicted octanol–water partition coefficient (Wildman–Crippen LogP) is 0.442. The van der Waals surface area contributed by atoms with E-state index in [0.29, 0.717) is 5.54 Å². The van der Waals surface area contributed by atoms with Crippen LogP contribution in [0.4, 0.5) is 0 Å². The van der Waals surface area contributed by atoms with Crippen molar-refractivity contribution < 1.29 is 0 Å². The normalized spacial score (nSPS) is 45.3. The number of nitrogens with zero attached hydrogens (tertiary/aromatic N) is 1. The third-order valence-electron chi connectivity index (χ3n) is 3.22. The van der Waals surface area contributed by atoms with E-state index in [1.165, 1.54) is 25.8 Å². The molecule has 58 valence electrons. The summed E-state index contributed by atoms with van der Waals surface area (Å²) in [6, 6.07) is 0.844. The monoisotopic (exact) mass is 140 g/mol. The second-order valence-electron chi connectivity index (χ2n) is 3.93. The number of rotatable bonds is 1. The van der Waals surface area contributed by atoms with Crippen LogP contribution in [0.15, 0.2) is 0 Å². The van der Waals surface area contributed by atoms with Crippen LogP contribution in [0.1, 0.15) is 19.3 Å². The SMILES string of the molecule is CN(C)C12CCNC(C1)C2. The van der Waals surface area contributed by atoms with E-state index >= 15 is 0 Å². The molecule has 3 rings (SSSR count). The molecule has 2 aliphatic heterocycles. The lowest BCUT2D eigenvalue weighted by atomic mass is 9.67. The predicted molar refractivity (Wildman–Crippen MR) is 42.1 cm³/mol. The topological polar surface area (TPSA) is 15.3 Å². The smallest absolute Gasteiger partial charge is 0.0245 e. The molecule has 0 aromatic carbocycles. The summed E-state index contributed by atoms with van der Waals surface area (Å²) < 4.78 is 0. The van der Waals surface area contributed by atoms with Crippen molar-refractivity contribution >= 4 is 0 Å². The van der Waals surface area contributed by atoms with Crippen LogP contribution in [0.3, 0.4) is 0 Å². The fourth-order valence-corrected chi connectivity index (χ4v) is 2.30. The lowest BCUT2D eigenvalue weighted by Crippen LogP contribution is -2.66.